The monoisotopic (exact) mass is 725 g/mol. The molecule has 0 saturated carbocycles. The SMILES string of the molecule is c1ccc(-c2cccc3c2c2c(-n4c5ccccc5c5cc(-c6ccc7c(c6)c6ccccc6n7-c6ccccc6)ccc54)cccc2n3-c2ccccc2)cc1. The molecule has 0 N–H and O–H groups in total. The first-order valence-electron chi connectivity index (χ1n) is 19.6. The Bertz CT molecular complexity index is 3500. The summed E-state index contributed by atoms with van der Waals surface area (Å²) in [6.07, 6.45) is 0. The van der Waals surface area contributed by atoms with Gasteiger partial charge in [0.2, 0.25) is 0 Å². The maximum Gasteiger partial charge on any atom is 0.0562 e. The molecule has 3 nitrogen and oxygen atoms in total. The molecule has 266 valence electrons. The van der Waals surface area contributed by atoms with Gasteiger partial charge in [-0.25, -0.2) is 0 Å². The van der Waals surface area contributed by atoms with Gasteiger partial charge < -0.3 is 13.7 Å². The summed E-state index contributed by atoms with van der Waals surface area (Å²) < 4.78 is 7.30. The molecular weight excluding hydrogens is 691 g/mol. The second kappa shape index (κ2) is 12.5. The molecular formula is C54H35N3. The van der Waals surface area contributed by atoms with Crippen molar-refractivity contribution in [2.45, 2.75) is 0 Å². The zero-order valence-corrected chi connectivity index (χ0v) is 31.0. The van der Waals surface area contributed by atoms with E-state index in [2.05, 4.69) is 226 Å². The fourth-order valence-electron chi connectivity index (χ4n) is 9.41. The number of nitrogens with zero attached hydrogens (tertiary/aromatic N) is 3. The Balaban J connectivity index is 1.11. The van der Waals surface area contributed by atoms with E-state index in [4.69, 9.17) is 0 Å². The average molecular weight is 726 g/mol. The van der Waals surface area contributed by atoms with Gasteiger partial charge in [-0.3, -0.25) is 0 Å². The van der Waals surface area contributed by atoms with E-state index < -0.39 is 0 Å². The van der Waals surface area contributed by atoms with Crippen molar-refractivity contribution in [3.05, 3.63) is 212 Å². The van der Waals surface area contributed by atoms with Crippen molar-refractivity contribution >= 4 is 65.4 Å². The standard InChI is InChI=1S/C54H35N3/c1-4-16-36(17-5-1)41-24-14-27-50-53(41)54-51(56(50)40-20-8-3-9-21-40)28-15-29-52(54)57-47-26-13-11-23-43(47)45-35-38(31-33-49(45)57)37-30-32-48-44(34-37)42-22-10-12-25-46(42)55(48)39-18-6-2-7-19-39/h1-35H. The Kier molecular flexibility index (Phi) is 6.93. The van der Waals surface area contributed by atoms with Crippen LogP contribution in [0.15, 0.2) is 212 Å². The molecule has 0 radical (unpaired) electrons. The van der Waals surface area contributed by atoms with E-state index >= 15 is 0 Å². The zero-order chi connectivity index (χ0) is 37.5. The molecule has 3 heteroatoms. The van der Waals surface area contributed by atoms with Gasteiger partial charge in [0.05, 0.1) is 38.8 Å². The quantitative estimate of drug-likeness (QED) is 0.168. The van der Waals surface area contributed by atoms with Crippen molar-refractivity contribution in [3.63, 3.8) is 0 Å². The van der Waals surface area contributed by atoms with Gasteiger partial charge in [-0.1, -0.05) is 133 Å². The molecule has 9 aromatic carbocycles. The Morgan fingerprint density at radius 2 is 0.684 bits per heavy atom. The van der Waals surface area contributed by atoms with Crippen molar-refractivity contribution in [3.8, 4) is 39.3 Å². The lowest BCUT2D eigenvalue weighted by atomic mass is 9.98. The van der Waals surface area contributed by atoms with Crippen LogP contribution in [0.1, 0.15) is 0 Å². The number of hydrogen-bond acceptors (Lipinski definition) is 0. The summed E-state index contributed by atoms with van der Waals surface area (Å²) in [7, 11) is 0. The third kappa shape index (κ3) is 4.73. The van der Waals surface area contributed by atoms with E-state index in [1.54, 1.807) is 0 Å². The topological polar surface area (TPSA) is 14.8 Å². The Morgan fingerprint density at radius 3 is 1.30 bits per heavy atom. The van der Waals surface area contributed by atoms with Gasteiger partial charge in [-0.15, -0.1) is 0 Å². The van der Waals surface area contributed by atoms with Gasteiger partial charge >= 0.3 is 0 Å². The zero-order valence-electron chi connectivity index (χ0n) is 31.0. The number of aromatic nitrogens is 3. The first-order valence-corrected chi connectivity index (χ1v) is 19.6. The molecule has 0 bridgehead atoms. The molecule has 57 heavy (non-hydrogen) atoms. The summed E-state index contributed by atoms with van der Waals surface area (Å²) in [5.74, 6) is 0. The fourth-order valence-corrected chi connectivity index (χ4v) is 9.41. The van der Waals surface area contributed by atoms with E-state index in [1.807, 2.05) is 0 Å². The molecule has 12 rings (SSSR count). The van der Waals surface area contributed by atoms with Crippen molar-refractivity contribution in [1.82, 2.24) is 13.7 Å². The maximum absolute atomic E-state index is 2.49. The van der Waals surface area contributed by atoms with Crippen molar-refractivity contribution < 1.29 is 0 Å². The molecule has 0 unspecified atom stereocenters. The summed E-state index contributed by atoms with van der Waals surface area (Å²) >= 11 is 0. The summed E-state index contributed by atoms with van der Waals surface area (Å²) in [4.78, 5) is 0. The summed E-state index contributed by atoms with van der Waals surface area (Å²) in [5, 5.41) is 7.48. The van der Waals surface area contributed by atoms with Crippen LogP contribution >= 0.6 is 0 Å². The number of para-hydroxylation sites is 4. The van der Waals surface area contributed by atoms with Crippen molar-refractivity contribution in [2.24, 2.45) is 0 Å². The van der Waals surface area contributed by atoms with Crippen LogP contribution in [0.25, 0.3) is 105 Å². The summed E-state index contributed by atoms with van der Waals surface area (Å²) in [6, 6.07) is 77.4. The first-order chi connectivity index (χ1) is 28.3. The first kappa shape index (κ1) is 31.7. The van der Waals surface area contributed by atoms with Crippen molar-refractivity contribution in [1.29, 1.82) is 0 Å². The van der Waals surface area contributed by atoms with E-state index in [0.717, 1.165) is 5.69 Å². The van der Waals surface area contributed by atoms with Crippen LogP contribution in [0.2, 0.25) is 0 Å². The van der Waals surface area contributed by atoms with Crippen LogP contribution in [0, 0.1) is 0 Å². The lowest BCUT2D eigenvalue weighted by Crippen LogP contribution is -1.96. The lowest BCUT2D eigenvalue weighted by Gasteiger charge is -2.12. The average Bonchev–Trinajstić information content (AvgIpc) is 3.92. The number of fused-ring (bicyclic) bond motifs is 9. The molecule has 12 aromatic rings. The molecule has 3 aromatic heterocycles. The highest BCUT2D eigenvalue weighted by molar-refractivity contribution is 6.21. The smallest absolute Gasteiger partial charge is 0.0562 e. The summed E-state index contributed by atoms with van der Waals surface area (Å²) in [6.45, 7) is 0. The molecule has 0 saturated heterocycles. The second-order valence-electron chi connectivity index (χ2n) is 14.9. The van der Waals surface area contributed by atoms with Crippen molar-refractivity contribution in [2.75, 3.05) is 0 Å². The molecule has 0 aliphatic carbocycles. The van der Waals surface area contributed by atoms with E-state index in [-0.39, 0.29) is 0 Å². The van der Waals surface area contributed by atoms with E-state index in [9.17, 15) is 0 Å². The second-order valence-corrected chi connectivity index (χ2v) is 14.9. The van der Waals surface area contributed by atoms with Crippen LogP contribution in [0.5, 0.6) is 0 Å². The van der Waals surface area contributed by atoms with Crippen LogP contribution in [-0.2, 0) is 0 Å². The van der Waals surface area contributed by atoms with Gasteiger partial charge in [0, 0.05) is 43.7 Å². The van der Waals surface area contributed by atoms with Crippen LogP contribution in [-0.4, -0.2) is 13.7 Å². The summed E-state index contributed by atoms with van der Waals surface area (Å²) in [5.41, 5.74) is 15.5. The normalized spacial score (nSPS) is 11.9. The Labute approximate surface area is 329 Å². The highest BCUT2D eigenvalue weighted by Crippen LogP contribution is 2.44. The van der Waals surface area contributed by atoms with Crippen LogP contribution in [0.3, 0.4) is 0 Å². The van der Waals surface area contributed by atoms with Crippen LogP contribution < -0.4 is 0 Å². The molecule has 0 spiro atoms. The number of rotatable bonds is 5. The van der Waals surface area contributed by atoms with E-state index in [0.29, 0.717) is 0 Å². The van der Waals surface area contributed by atoms with Crippen LogP contribution in [0.4, 0.5) is 0 Å². The van der Waals surface area contributed by atoms with Gasteiger partial charge in [0.15, 0.2) is 0 Å². The lowest BCUT2D eigenvalue weighted by molar-refractivity contribution is 1.17. The number of hydrogen-bond donors (Lipinski definition) is 0. The molecule has 0 atom stereocenters. The predicted molar refractivity (Wildman–Crippen MR) is 240 cm³/mol. The molecule has 0 aliphatic rings. The highest BCUT2D eigenvalue weighted by Gasteiger charge is 2.22. The number of benzene rings is 9. The van der Waals surface area contributed by atoms with E-state index in [1.165, 1.54) is 99.0 Å². The van der Waals surface area contributed by atoms with Gasteiger partial charge in [0.1, 0.15) is 0 Å². The molecule has 0 amide bonds. The minimum atomic E-state index is 1.15. The predicted octanol–water partition coefficient (Wildman–Crippen LogP) is 14.3. The Morgan fingerprint density at radius 1 is 0.246 bits per heavy atom. The Hall–Kier alpha value is -7.62. The highest BCUT2D eigenvalue weighted by atomic mass is 15.0. The molecule has 0 fully saturated rings. The van der Waals surface area contributed by atoms with Gasteiger partial charge in [0.25, 0.3) is 0 Å². The minimum Gasteiger partial charge on any atom is -0.309 e. The largest absolute Gasteiger partial charge is 0.309 e. The third-order valence-corrected chi connectivity index (χ3v) is 11.8. The minimum absolute atomic E-state index is 1.15. The van der Waals surface area contributed by atoms with Gasteiger partial charge in [-0.2, -0.15) is 0 Å². The third-order valence-electron chi connectivity index (χ3n) is 11.8. The fraction of sp³-hybridized carbons (Fsp3) is 0. The molecule has 0 aliphatic heterocycles. The molecule has 3 heterocycles. The maximum atomic E-state index is 2.49. The van der Waals surface area contributed by atoms with Gasteiger partial charge in [-0.05, 0) is 101 Å².